The number of likely N-dealkylation sites (N-methyl/N-ethyl adjacent to an activating group) is 1. The second-order valence-corrected chi connectivity index (χ2v) is 11.3. The van der Waals surface area contributed by atoms with Crippen molar-refractivity contribution in [2.45, 2.75) is 30.7 Å². The van der Waals surface area contributed by atoms with Crippen LogP contribution in [0.3, 0.4) is 0 Å². The number of sulfonamides is 1. The van der Waals surface area contributed by atoms with Crippen molar-refractivity contribution in [1.82, 2.24) is 10.2 Å². The van der Waals surface area contributed by atoms with Gasteiger partial charge in [-0.3, -0.25) is 13.9 Å². The quantitative estimate of drug-likeness (QED) is 0.328. The number of hydrogen-bond acceptors (Lipinski definition) is 4. The van der Waals surface area contributed by atoms with E-state index >= 15 is 0 Å². The second kappa shape index (κ2) is 12.9. The number of nitrogens with one attached hydrogen (secondary N) is 1. The van der Waals surface area contributed by atoms with E-state index in [-0.39, 0.29) is 17.3 Å². The lowest BCUT2D eigenvalue weighted by atomic mass is 10.1. The van der Waals surface area contributed by atoms with Crippen molar-refractivity contribution in [2.24, 2.45) is 0 Å². The fourth-order valence-corrected chi connectivity index (χ4v) is 5.71. The van der Waals surface area contributed by atoms with Gasteiger partial charge in [0.25, 0.3) is 10.0 Å². The van der Waals surface area contributed by atoms with Gasteiger partial charge in [-0.1, -0.05) is 55.5 Å². The topological polar surface area (TPSA) is 86.8 Å². The van der Waals surface area contributed by atoms with Crippen LogP contribution in [0.4, 0.5) is 5.69 Å². The molecule has 36 heavy (non-hydrogen) atoms. The first-order valence-corrected chi connectivity index (χ1v) is 14.2. The Kier molecular flexibility index (Phi) is 9.89. The molecule has 0 unspecified atom stereocenters. The standard InChI is InChI=1S/C27H30IN3O4S/c1-3-25(27(33)29-2)30(19-18-21-10-6-4-7-11-21)26(32)20-31(23-16-14-22(28)15-17-23)36(34,35)24-12-8-5-9-13-24/h4-17,25H,3,18-20H2,1-2H3,(H,29,33)/t25-/m1/s1. The van der Waals surface area contributed by atoms with Crippen molar-refractivity contribution < 1.29 is 18.0 Å². The molecule has 0 aromatic heterocycles. The van der Waals surface area contributed by atoms with Gasteiger partial charge in [-0.15, -0.1) is 0 Å². The van der Waals surface area contributed by atoms with Crippen molar-refractivity contribution in [2.75, 3.05) is 24.4 Å². The summed E-state index contributed by atoms with van der Waals surface area (Å²) in [7, 11) is -2.51. The van der Waals surface area contributed by atoms with Gasteiger partial charge >= 0.3 is 0 Å². The van der Waals surface area contributed by atoms with E-state index in [0.717, 1.165) is 13.4 Å². The van der Waals surface area contributed by atoms with Crippen molar-refractivity contribution in [3.8, 4) is 0 Å². The molecule has 190 valence electrons. The van der Waals surface area contributed by atoms with Crippen LogP contribution in [-0.2, 0) is 26.0 Å². The molecule has 1 N–H and O–H groups in total. The molecule has 9 heteroatoms. The number of halogens is 1. The highest BCUT2D eigenvalue weighted by Crippen LogP contribution is 2.25. The van der Waals surface area contributed by atoms with Gasteiger partial charge < -0.3 is 10.2 Å². The molecule has 0 bridgehead atoms. The molecule has 0 aliphatic carbocycles. The fraction of sp³-hybridized carbons (Fsp3) is 0.259. The highest BCUT2D eigenvalue weighted by Gasteiger charge is 2.33. The number of anilines is 1. The van der Waals surface area contributed by atoms with Crippen LogP contribution < -0.4 is 9.62 Å². The molecule has 3 rings (SSSR count). The van der Waals surface area contributed by atoms with Crippen LogP contribution in [-0.4, -0.2) is 51.3 Å². The van der Waals surface area contributed by atoms with Gasteiger partial charge in [0.1, 0.15) is 12.6 Å². The van der Waals surface area contributed by atoms with Crippen molar-refractivity contribution in [1.29, 1.82) is 0 Å². The number of amides is 2. The van der Waals surface area contributed by atoms with Gasteiger partial charge in [0.2, 0.25) is 11.8 Å². The van der Waals surface area contributed by atoms with Crippen LogP contribution in [0.2, 0.25) is 0 Å². The monoisotopic (exact) mass is 619 g/mol. The maximum Gasteiger partial charge on any atom is 0.264 e. The summed E-state index contributed by atoms with van der Waals surface area (Å²) >= 11 is 2.14. The lowest BCUT2D eigenvalue weighted by Gasteiger charge is -2.33. The molecule has 0 heterocycles. The van der Waals surface area contributed by atoms with Crippen molar-refractivity contribution >= 4 is 50.1 Å². The molecule has 0 radical (unpaired) electrons. The highest BCUT2D eigenvalue weighted by atomic mass is 127. The number of hydrogen-bond donors (Lipinski definition) is 1. The molecule has 2 amide bonds. The Bertz CT molecular complexity index is 1250. The Balaban J connectivity index is 1.98. The zero-order chi connectivity index (χ0) is 26.1. The third-order valence-electron chi connectivity index (χ3n) is 5.84. The smallest absolute Gasteiger partial charge is 0.264 e. The van der Waals surface area contributed by atoms with Crippen LogP contribution in [0.1, 0.15) is 18.9 Å². The van der Waals surface area contributed by atoms with E-state index in [2.05, 4.69) is 27.9 Å². The van der Waals surface area contributed by atoms with Crippen molar-refractivity contribution in [3.63, 3.8) is 0 Å². The summed E-state index contributed by atoms with van der Waals surface area (Å²) in [5.74, 6) is -0.731. The molecule has 3 aromatic carbocycles. The second-order valence-electron chi connectivity index (χ2n) is 8.16. The zero-order valence-electron chi connectivity index (χ0n) is 20.3. The van der Waals surface area contributed by atoms with Crippen molar-refractivity contribution in [3.05, 3.63) is 94.1 Å². The molecule has 1 atom stereocenters. The van der Waals surface area contributed by atoms with E-state index < -0.39 is 28.5 Å². The molecule has 3 aromatic rings. The molecule has 0 spiro atoms. The highest BCUT2D eigenvalue weighted by molar-refractivity contribution is 14.1. The molecule has 7 nitrogen and oxygen atoms in total. The maximum absolute atomic E-state index is 13.8. The molecule has 0 aliphatic heterocycles. The third-order valence-corrected chi connectivity index (χ3v) is 8.35. The van der Waals surface area contributed by atoms with Gasteiger partial charge in [-0.25, -0.2) is 8.42 Å². The molecule has 0 aliphatic rings. The Morgan fingerprint density at radius 2 is 1.50 bits per heavy atom. The van der Waals surface area contributed by atoms with Gasteiger partial charge in [-0.05, 0) is 77.4 Å². The lowest BCUT2D eigenvalue weighted by Crippen LogP contribution is -2.52. The number of carbonyl (C=O) groups excluding carboxylic acids is 2. The Labute approximate surface area is 226 Å². The summed E-state index contributed by atoms with van der Waals surface area (Å²) in [5, 5.41) is 2.63. The molecular weight excluding hydrogens is 589 g/mol. The predicted molar refractivity (Wildman–Crippen MR) is 150 cm³/mol. The van der Waals surface area contributed by atoms with Gasteiger partial charge in [0.15, 0.2) is 0 Å². The first-order chi connectivity index (χ1) is 17.3. The van der Waals surface area contributed by atoms with E-state index in [4.69, 9.17) is 0 Å². The summed E-state index contributed by atoms with van der Waals surface area (Å²) in [6, 6.07) is 23.9. The van der Waals surface area contributed by atoms with Gasteiger partial charge in [-0.2, -0.15) is 0 Å². The van der Waals surface area contributed by atoms with Gasteiger partial charge in [0, 0.05) is 17.2 Å². The first kappa shape index (κ1) is 27.7. The lowest BCUT2D eigenvalue weighted by molar-refractivity contribution is -0.139. The summed E-state index contributed by atoms with van der Waals surface area (Å²) in [6.45, 7) is 1.68. The first-order valence-electron chi connectivity index (χ1n) is 11.7. The SMILES string of the molecule is CC[C@H](C(=O)NC)N(CCc1ccccc1)C(=O)CN(c1ccc(I)cc1)S(=O)(=O)c1ccccc1. The van der Waals surface area contributed by atoms with Crippen LogP contribution in [0, 0.1) is 3.57 Å². The number of carbonyl (C=O) groups is 2. The minimum Gasteiger partial charge on any atom is -0.357 e. The summed E-state index contributed by atoms with van der Waals surface area (Å²) in [5.41, 5.74) is 1.40. The average molecular weight is 620 g/mol. The number of rotatable bonds is 11. The predicted octanol–water partition coefficient (Wildman–Crippen LogP) is 4.08. The maximum atomic E-state index is 13.8. The van der Waals surface area contributed by atoms with Crippen LogP contribution in [0.15, 0.2) is 89.8 Å². The summed E-state index contributed by atoms with van der Waals surface area (Å²) in [4.78, 5) is 28.0. The van der Waals surface area contributed by atoms with E-state index in [1.807, 2.05) is 37.3 Å². The normalized spacial score (nSPS) is 12.0. The van der Waals surface area contributed by atoms with Crippen LogP contribution >= 0.6 is 22.6 Å². The molecule has 0 fully saturated rings. The minimum atomic E-state index is -4.04. The van der Waals surface area contributed by atoms with E-state index in [9.17, 15) is 18.0 Å². The van der Waals surface area contributed by atoms with Crippen LogP contribution in [0.25, 0.3) is 0 Å². The summed E-state index contributed by atoms with van der Waals surface area (Å²) in [6.07, 6.45) is 0.935. The van der Waals surface area contributed by atoms with E-state index in [1.165, 1.54) is 24.1 Å². The minimum absolute atomic E-state index is 0.0885. The Morgan fingerprint density at radius 1 is 0.917 bits per heavy atom. The van der Waals surface area contributed by atoms with Gasteiger partial charge in [0.05, 0.1) is 10.6 Å². The largest absolute Gasteiger partial charge is 0.357 e. The average Bonchev–Trinajstić information content (AvgIpc) is 2.90. The fourth-order valence-electron chi connectivity index (χ4n) is 3.92. The Morgan fingerprint density at radius 3 is 2.06 bits per heavy atom. The third kappa shape index (κ3) is 6.85. The molecule has 0 saturated heterocycles. The molecular formula is C27H30IN3O4S. The Hall–Kier alpha value is -2.92. The number of benzene rings is 3. The zero-order valence-corrected chi connectivity index (χ0v) is 23.3. The molecule has 0 saturated carbocycles. The van der Waals surface area contributed by atoms with Crippen LogP contribution in [0.5, 0.6) is 0 Å². The van der Waals surface area contributed by atoms with E-state index in [1.54, 1.807) is 42.5 Å². The number of nitrogens with zero attached hydrogens (tertiary/aromatic N) is 2. The summed E-state index contributed by atoms with van der Waals surface area (Å²) < 4.78 is 29.4. The van der Waals surface area contributed by atoms with E-state index in [0.29, 0.717) is 18.5 Å².